The summed E-state index contributed by atoms with van der Waals surface area (Å²) in [6.45, 7) is 2.38. The van der Waals surface area contributed by atoms with E-state index in [2.05, 4.69) is 31.4 Å². The van der Waals surface area contributed by atoms with Crippen LogP contribution in [0.4, 0.5) is 17.3 Å². The number of benzene rings is 1. The molecule has 11 heteroatoms. The van der Waals surface area contributed by atoms with Gasteiger partial charge in [0.05, 0.1) is 27.5 Å². The molecular formula is C22H18Cl2N7O2. The first-order chi connectivity index (χ1) is 15.8. The Kier molecular flexibility index (Phi) is 6.43. The maximum atomic E-state index is 10.9. The predicted molar refractivity (Wildman–Crippen MR) is 128 cm³/mol. The number of nitro groups is 1. The van der Waals surface area contributed by atoms with Crippen LogP contribution in [0.3, 0.4) is 0 Å². The second kappa shape index (κ2) is 9.43. The highest BCUT2D eigenvalue weighted by Gasteiger charge is 2.16. The number of hydrogen-bond acceptors (Lipinski definition) is 7. The summed E-state index contributed by atoms with van der Waals surface area (Å²) in [7, 11) is 0. The monoisotopic (exact) mass is 482 g/mol. The van der Waals surface area contributed by atoms with Crippen molar-refractivity contribution in [2.45, 2.75) is 13.3 Å². The van der Waals surface area contributed by atoms with Gasteiger partial charge in [-0.3, -0.25) is 10.1 Å². The number of imidazole rings is 1. The Bertz CT molecular complexity index is 1340. The number of nitrogens with one attached hydrogen (secondary N) is 2. The Morgan fingerprint density at radius 3 is 2.67 bits per heavy atom. The van der Waals surface area contributed by atoms with Gasteiger partial charge >= 0.3 is 5.69 Å². The molecule has 9 nitrogen and oxygen atoms in total. The molecule has 167 valence electrons. The summed E-state index contributed by atoms with van der Waals surface area (Å²) in [6, 6.07) is 10.0. The zero-order valence-electron chi connectivity index (χ0n) is 17.4. The van der Waals surface area contributed by atoms with Crippen molar-refractivity contribution in [1.82, 2.24) is 19.9 Å². The van der Waals surface area contributed by atoms with Crippen LogP contribution in [0.2, 0.25) is 10.0 Å². The molecule has 1 aromatic carbocycles. The summed E-state index contributed by atoms with van der Waals surface area (Å²) in [5, 5.41) is 15.0. The van der Waals surface area contributed by atoms with Crippen molar-refractivity contribution in [3.63, 3.8) is 0 Å². The summed E-state index contributed by atoms with van der Waals surface area (Å²) < 4.78 is 0. The van der Waals surface area contributed by atoms with Gasteiger partial charge in [-0.1, -0.05) is 23.2 Å². The SMILES string of the molecule is Cc1c[nH]c(-c2cc(CCNc3ccc([N+](=O)[O-])c(N)n3)[c]nc2-c2ccc(Cl)cc2Cl)n1. The number of hydrogen-bond donors (Lipinski definition) is 3. The standard InChI is InChI=1S/C22H18Cl2N7O2/c1-12-10-28-22(29-12)16-8-13(11-27-20(16)15-3-2-14(23)9-17(15)24)6-7-26-19-5-4-18(31(32)33)21(25)30-19/h2-5,8-10H,6-7H2,1H3,(H,28,29)(H3,25,26,30). The number of nitrogens with zero attached hydrogens (tertiary/aromatic N) is 4. The summed E-state index contributed by atoms with van der Waals surface area (Å²) >= 11 is 12.5. The van der Waals surface area contributed by atoms with Crippen LogP contribution in [0.25, 0.3) is 22.6 Å². The number of nitrogen functional groups attached to an aromatic ring is 1. The van der Waals surface area contributed by atoms with Crippen molar-refractivity contribution in [2.75, 3.05) is 17.6 Å². The topological polar surface area (TPSA) is 136 Å². The lowest BCUT2D eigenvalue weighted by Crippen LogP contribution is -2.09. The van der Waals surface area contributed by atoms with Crippen molar-refractivity contribution in [2.24, 2.45) is 0 Å². The van der Waals surface area contributed by atoms with Crippen LogP contribution in [0, 0.1) is 23.2 Å². The van der Waals surface area contributed by atoms with E-state index in [1.165, 1.54) is 12.1 Å². The van der Waals surface area contributed by atoms with E-state index in [1.54, 1.807) is 12.1 Å². The largest absolute Gasteiger partial charge is 0.378 e. The van der Waals surface area contributed by atoms with Crippen LogP contribution < -0.4 is 11.1 Å². The molecule has 4 rings (SSSR count). The average molecular weight is 483 g/mol. The van der Waals surface area contributed by atoms with E-state index in [-0.39, 0.29) is 11.5 Å². The summed E-state index contributed by atoms with van der Waals surface area (Å²) in [5.74, 6) is 0.962. The minimum atomic E-state index is -0.570. The van der Waals surface area contributed by atoms with Gasteiger partial charge in [0, 0.05) is 35.0 Å². The molecule has 0 fully saturated rings. The number of rotatable bonds is 7. The van der Waals surface area contributed by atoms with Crippen LogP contribution in [0.15, 0.2) is 42.6 Å². The lowest BCUT2D eigenvalue weighted by molar-refractivity contribution is -0.384. The average Bonchev–Trinajstić information content (AvgIpc) is 3.20. The molecule has 0 saturated heterocycles. The Balaban J connectivity index is 1.58. The number of aromatic nitrogens is 4. The second-order valence-electron chi connectivity index (χ2n) is 7.20. The third-order valence-corrected chi connectivity index (χ3v) is 5.38. The minimum absolute atomic E-state index is 0.141. The normalized spacial score (nSPS) is 10.9. The number of halogens is 2. The molecule has 0 bridgehead atoms. The molecule has 33 heavy (non-hydrogen) atoms. The summed E-state index contributed by atoms with van der Waals surface area (Å²) in [5.41, 5.74) is 9.22. The Labute approximate surface area is 199 Å². The first-order valence-electron chi connectivity index (χ1n) is 9.86. The van der Waals surface area contributed by atoms with Crippen LogP contribution in [0.1, 0.15) is 11.3 Å². The molecule has 4 aromatic rings. The van der Waals surface area contributed by atoms with Gasteiger partial charge in [-0.2, -0.15) is 0 Å². The van der Waals surface area contributed by atoms with E-state index in [4.69, 9.17) is 28.9 Å². The van der Waals surface area contributed by atoms with Gasteiger partial charge in [0.15, 0.2) is 0 Å². The van der Waals surface area contributed by atoms with Crippen LogP contribution >= 0.6 is 23.2 Å². The second-order valence-corrected chi connectivity index (χ2v) is 8.05. The van der Waals surface area contributed by atoms with Gasteiger partial charge < -0.3 is 16.0 Å². The van der Waals surface area contributed by atoms with Crippen LogP contribution in [-0.4, -0.2) is 31.4 Å². The van der Waals surface area contributed by atoms with E-state index in [0.29, 0.717) is 40.3 Å². The van der Waals surface area contributed by atoms with E-state index < -0.39 is 4.92 Å². The number of pyridine rings is 2. The molecular weight excluding hydrogens is 465 g/mol. The van der Waals surface area contributed by atoms with Crippen molar-refractivity contribution < 1.29 is 4.92 Å². The molecule has 1 radical (unpaired) electrons. The van der Waals surface area contributed by atoms with Crippen molar-refractivity contribution in [3.8, 4) is 22.6 Å². The highest BCUT2D eigenvalue weighted by molar-refractivity contribution is 6.36. The zero-order valence-corrected chi connectivity index (χ0v) is 18.9. The smallest absolute Gasteiger partial charge is 0.311 e. The fraction of sp³-hybridized carbons (Fsp3) is 0.136. The van der Waals surface area contributed by atoms with E-state index in [9.17, 15) is 10.1 Å². The molecule has 0 aliphatic carbocycles. The molecule has 0 atom stereocenters. The fourth-order valence-electron chi connectivity index (χ4n) is 3.26. The third-order valence-electron chi connectivity index (χ3n) is 4.83. The van der Waals surface area contributed by atoms with Gasteiger partial charge in [0.1, 0.15) is 11.6 Å². The Morgan fingerprint density at radius 1 is 1.18 bits per heavy atom. The number of aryl methyl sites for hydroxylation is 1. The number of anilines is 2. The number of H-pyrrole nitrogens is 1. The first-order valence-corrected chi connectivity index (χ1v) is 10.6. The fourth-order valence-corrected chi connectivity index (χ4v) is 3.75. The van der Waals surface area contributed by atoms with Gasteiger partial charge in [-0.25, -0.2) is 15.0 Å². The maximum Gasteiger partial charge on any atom is 0.311 e. The van der Waals surface area contributed by atoms with Crippen molar-refractivity contribution in [1.29, 1.82) is 0 Å². The third kappa shape index (κ3) is 5.05. The van der Waals surface area contributed by atoms with Crippen LogP contribution in [0.5, 0.6) is 0 Å². The van der Waals surface area contributed by atoms with Gasteiger partial charge in [-0.05, 0) is 49.2 Å². The van der Waals surface area contributed by atoms with E-state index in [1.807, 2.05) is 25.3 Å². The van der Waals surface area contributed by atoms with E-state index in [0.717, 1.165) is 22.4 Å². The zero-order chi connectivity index (χ0) is 23.5. The van der Waals surface area contributed by atoms with Gasteiger partial charge in [-0.15, -0.1) is 0 Å². The molecule has 0 unspecified atom stereocenters. The number of nitrogens with two attached hydrogens (primary N) is 1. The lowest BCUT2D eigenvalue weighted by atomic mass is 10.0. The van der Waals surface area contributed by atoms with Crippen molar-refractivity contribution in [3.05, 3.63) is 80.2 Å². The summed E-state index contributed by atoms with van der Waals surface area (Å²) in [6.07, 6.45) is 5.43. The molecule has 4 N–H and O–H groups in total. The highest BCUT2D eigenvalue weighted by Crippen LogP contribution is 2.35. The first kappa shape index (κ1) is 22.5. The molecule has 0 amide bonds. The Hall–Kier alpha value is -3.69. The molecule has 0 aliphatic heterocycles. The highest BCUT2D eigenvalue weighted by atomic mass is 35.5. The number of aromatic amines is 1. The molecule has 0 spiro atoms. The van der Waals surface area contributed by atoms with Gasteiger partial charge in [0.2, 0.25) is 5.82 Å². The van der Waals surface area contributed by atoms with Gasteiger partial charge in [0.25, 0.3) is 0 Å². The quantitative estimate of drug-likeness (QED) is 0.246. The summed E-state index contributed by atoms with van der Waals surface area (Å²) in [4.78, 5) is 26.6. The van der Waals surface area contributed by atoms with Crippen LogP contribution in [-0.2, 0) is 6.42 Å². The maximum absolute atomic E-state index is 10.9. The van der Waals surface area contributed by atoms with Crippen molar-refractivity contribution >= 4 is 40.5 Å². The molecule has 3 aromatic heterocycles. The minimum Gasteiger partial charge on any atom is -0.378 e. The lowest BCUT2D eigenvalue weighted by Gasteiger charge is -2.12. The molecule has 0 saturated carbocycles. The Morgan fingerprint density at radius 2 is 2.00 bits per heavy atom. The molecule has 3 heterocycles. The molecule has 0 aliphatic rings. The predicted octanol–water partition coefficient (Wildman–Crippen LogP) is 5.09. The van der Waals surface area contributed by atoms with E-state index >= 15 is 0 Å².